The van der Waals surface area contributed by atoms with Crippen LogP contribution < -0.4 is 5.32 Å². The molecule has 0 radical (unpaired) electrons. The topological polar surface area (TPSA) is 85.6 Å². The molecule has 4 aromatic rings. The number of hydrogen-bond acceptors (Lipinski definition) is 5. The number of esters is 1. The minimum absolute atomic E-state index is 0.0591. The molecule has 2 aromatic heterocycles. The van der Waals surface area contributed by atoms with E-state index in [4.69, 9.17) is 4.74 Å². The van der Waals surface area contributed by atoms with Crippen LogP contribution in [0, 0.1) is 5.82 Å². The molecule has 4 rings (SSSR count). The molecule has 2 aromatic carbocycles. The first-order chi connectivity index (χ1) is 15.0. The van der Waals surface area contributed by atoms with Crippen LogP contribution in [0.2, 0.25) is 0 Å². The molecule has 0 unspecified atom stereocenters. The smallest absolute Gasteiger partial charge is 0.343 e. The molecule has 31 heavy (non-hydrogen) atoms. The SMILES string of the molecule is CCOC(=O)c1cnn2c(-c3cccc(NC(=O)Cc4cccc(F)c4)c3)ccnc12. The number of nitrogens with zero attached hydrogens (tertiary/aromatic N) is 3. The largest absolute Gasteiger partial charge is 0.462 e. The third-order valence-corrected chi connectivity index (χ3v) is 4.59. The van der Waals surface area contributed by atoms with E-state index < -0.39 is 5.97 Å². The van der Waals surface area contributed by atoms with Gasteiger partial charge < -0.3 is 10.1 Å². The number of carbonyl (C=O) groups excluding carboxylic acids is 2. The maximum atomic E-state index is 13.3. The van der Waals surface area contributed by atoms with Gasteiger partial charge in [0.05, 0.1) is 24.9 Å². The quantitative estimate of drug-likeness (QED) is 0.480. The second-order valence-corrected chi connectivity index (χ2v) is 6.78. The third kappa shape index (κ3) is 4.42. The molecule has 0 fully saturated rings. The zero-order valence-corrected chi connectivity index (χ0v) is 16.7. The van der Waals surface area contributed by atoms with Crippen molar-refractivity contribution in [3.63, 3.8) is 0 Å². The van der Waals surface area contributed by atoms with E-state index in [1.165, 1.54) is 18.3 Å². The molecular weight excluding hydrogens is 399 g/mol. The highest BCUT2D eigenvalue weighted by Crippen LogP contribution is 2.24. The van der Waals surface area contributed by atoms with Crippen LogP contribution in [0.4, 0.5) is 10.1 Å². The van der Waals surface area contributed by atoms with Gasteiger partial charge in [-0.25, -0.2) is 18.7 Å². The number of aromatic nitrogens is 3. The molecule has 1 N–H and O–H groups in total. The summed E-state index contributed by atoms with van der Waals surface area (Å²) >= 11 is 0. The van der Waals surface area contributed by atoms with Gasteiger partial charge in [-0.1, -0.05) is 24.3 Å². The van der Waals surface area contributed by atoms with Gasteiger partial charge in [-0.05, 0) is 42.8 Å². The van der Waals surface area contributed by atoms with Crippen LogP contribution in [-0.4, -0.2) is 33.1 Å². The zero-order chi connectivity index (χ0) is 21.8. The number of benzene rings is 2. The number of hydrogen-bond donors (Lipinski definition) is 1. The minimum Gasteiger partial charge on any atom is -0.462 e. The van der Waals surface area contributed by atoms with Gasteiger partial charge in [0.25, 0.3) is 0 Å². The maximum Gasteiger partial charge on any atom is 0.343 e. The van der Waals surface area contributed by atoms with E-state index in [9.17, 15) is 14.0 Å². The van der Waals surface area contributed by atoms with Gasteiger partial charge in [0.2, 0.25) is 5.91 Å². The second-order valence-electron chi connectivity index (χ2n) is 6.78. The van der Waals surface area contributed by atoms with Crippen molar-refractivity contribution in [2.75, 3.05) is 11.9 Å². The number of ether oxygens (including phenoxy) is 1. The van der Waals surface area contributed by atoms with Crippen molar-refractivity contribution >= 4 is 23.2 Å². The fraction of sp³-hybridized carbons (Fsp3) is 0.130. The van der Waals surface area contributed by atoms with E-state index in [0.717, 1.165) is 5.56 Å². The van der Waals surface area contributed by atoms with E-state index in [-0.39, 0.29) is 30.3 Å². The van der Waals surface area contributed by atoms with Crippen molar-refractivity contribution < 1.29 is 18.7 Å². The van der Waals surface area contributed by atoms with E-state index >= 15 is 0 Å². The van der Waals surface area contributed by atoms with Crippen molar-refractivity contribution in [1.82, 2.24) is 14.6 Å². The first-order valence-electron chi connectivity index (χ1n) is 9.69. The summed E-state index contributed by atoms with van der Waals surface area (Å²) in [6.45, 7) is 1.99. The molecule has 0 bridgehead atoms. The Kier molecular flexibility index (Phi) is 5.70. The fourth-order valence-electron chi connectivity index (χ4n) is 3.26. The summed E-state index contributed by atoms with van der Waals surface area (Å²) < 4.78 is 19.9. The molecule has 0 saturated carbocycles. The molecule has 2 heterocycles. The van der Waals surface area contributed by atoms with Crippen LogP contribution in [-0.2, 0) is 16.0 Å². The number of amides is 1. The standard InChI is InChI=1S/C23H19FN4O3/c1-2-31-23(30)19-14-26-28-20(9-10-25-22(19)28)16-6-4-8-18(13-16)27-21(29)12-15-5-3-7-17(24)11-15/h3-11,13-14H,2,12H2,1H3,(H,27,29). The molecule has 0 atom stereocenters. The molecule has 1 amide bonds. The van der Waals surface area contributed by atoms with Crippen molar-refractivity contribution in [2.24, 2.45) is 0 Å². The van der Waals surface area contributed by atoms with Crippen molar-refractivity contribution in [1.29, 1.82) is 0 Å². The Balaban J connectivity index is 1.59. The summed E-state index contributed by atoms with van der Waals surface area (Å²) in [5.74, 6) is -1.12. The lowest BCUT2D eigenvalue weighted by molar-refractivity contribution is -0.115. The van der Waals surface area contributed by atoms with Gasteiger partial charge in [-0.3, -0.25) is 4.79 Å². The van der Waals surface area contributed by atoms with Crippen LogP contribution in [0.25, 0.3) is 16.9 Å². The Bertz CT molecular complexity index is 1270. The second kappa shape index (κ2) is 8.74. The average Bonchev–Trinajstić information content (AvgIpc) is 3.18. The molecule has 0 spiro atoms. The predicted octanol–water partition coefficient (Wildman–Crippen LogP) is 3.89. The highest BCUT2D eigenvalue weighted by atomic mass is 19.1. The molecule has 8 heteroatoms. The van der Waals surface area contributed by atoms with Gasteiger partial charge in [0, 0.05) is 17.4 Å². The molecule has 7 nitrogen and oxygen atoms in total. The van der Waals surface area contributed by atoms with Crippen LogP contribution in [0.15, 0.2) is 67.0 Å². The summed E-state index contributed by atoms with van der Waals surface area (Å²) in [5, 5.41) is 7.11. The average molecular weight is 418 g/mol. The number of nitrogens with one attached hydrogen (secondary N) is 1. The zero-order valence-electron chi connectivity index (χ0n) is 16.7. The van der Waals surface area contributed by atoms with E-state index in [2.05, 4.69) is 15.4 Å². The summed E-state index contributed by atoms with van der Waals surface area (Å²) in [6.07, 6.45) is 3.07. The Labute approximate surface area is 177 Å². The van der Waals surface area contributed by atoms with Crippen LogP contribution >= 0.6 is 0 Å². The molecule has 156 valence electrons. The Morgan fingerprint density at radius 3 is 2.77 bits per heavy atom. The number of rotatable bonds is 6. The van der Waals surface area contributed by atoms with E-state index in [1.54, 1.807) is 54.0 Å². The van der Waals surface area contributed by atoms with Crippen molar-refractivity contribution in [3.05, 3.63) is 83.9 Å². The lowest BCUT2D eigenvalue weighted by Gasteiger charge is -2.09. The lowest BCUT2D eigenvalue weighted by atomic mass is 10.1. The first-order valence-corrected chi connectivity index (χ1v) is 9.69. The monoisotopic (exact) mass is 418 g/mol. The molecule has 0 saturated heterocycles. The summed E-state index contributed by atoms with van der Waals surface area (Å²) in [7, 11) is 0. The number of fused-ring (bicyclic) bond motifs is 1. The summed E-state index contributed by atoms with van der Waals surface area (Å²) in [4.78, 5) is 28.8. The van der Waals surface area contributed by atoms with Crippen LogP contribution in [0.5, 0.6) is 0 Å². The summed E-state index contributed by atoms with van der Waals surface area (Å²) in [5.41, 5.74) is 3.31. The Hall–Kier alpha value is -4.07. The molecule has 0 aliphatic heterocycles. The third-order valence-electron chi connectivity index (χ3n) is 4.59. The van der Waals surface area contributed by atoms with Crippen LogP contribution in [0.3, 0.4) is 0 Å². The Morgan fingerprint density at radius 2 is 1.97 bits per heavy atom. The fourth-order valence-corrected chi connectivity index (χ4v) is 3.26. The molecule has 0 aliphatic carbocycles. The van der Waals surface area contributed by atoms with Crippen molar-refractivity contribution in [3.8, 4) is 11.3 Å². The summed E-state index contributed by atoms with van der Waals surface area (Å²) in [6, 6.07) is 14.9. The van der Waals surface area contributed by atoms with Gasteiger partial charge in [-0.2, -0.15) is 5.10 Å². The lowest BCUT2D eigenvalue weighted by Crippen LogP contribution is -2.14. The van der Waals surface area contributed by atoms with Gasteiger partial charge >= 0.3 is 5.97 Å². The maximum absolute atomic E-state index is 13.3. The Morgan fingerprint density at radius 1 is 1.13 bits per heavy atom. The normalized spacial score (nSPS) is 10.8. The molecular formula is C23H19FN4O3. The van der Waals surface area contributed by atoms with E-state index in [0.29, 0.717) is 22.6 Å². The minimum atomic E-state index is -0.486. The highest BCUT2D eigenvalue weighted by Gasteiger charge is 2.17. The molecule has 0 aliphatic rings. The van der Waals surface area contributed by atoms with Gasteiger partial charge in [-0.15, -0.1) is 0 Å². The number of carbonyl (C=O) groups is 2. The predicted molar refractivity (Wildman–Crippen MR) is 113 cm³/mol. The highest BCUT2D eigenvalue weighted by molar-refractivity contribution is 5.96. The van der Waals surface area contributed by atoms with Crippen LogP contribution in [0.1, 0.15) is 22.8 Å². The number of halogens is 1. The van der Waals surface area contributed by atoms with Gasteiger partial charge in [0.1, 0.15) is 11.4 Å². The number of anilines is 1. The van der Waals surface area contributed by atoms with Crippen molar-refractivity contribution in [2.45, 2.75) is 13.3 Å². The first kappa shape index (κ1) is 20.2. The van der Waals surface area contributed by atoms with Gasteiger partial charge in [0.15, 0.2) is 5.65 Å². The van der Waals surface area contributed by atoms with E-state index in [1.807, 2.05) is 6.07 Å².